The number of aromatic amines is 1. The van der Waals surface area contributed by atoms with Crippen LogP contribution < -0.4 is 0 Å². The average Bonchev–Trinajstić information content (AvgIpc) is 2.62. The summed E-state index contributed by atoms with van der Waals surface area (Å²) in [6.45, 7) is 2.11. The second kappa shape index (κ2) is 5.20. The fourth-order valence-electron chi connectivity index (χ4n) is 1.47. The summed E-state index contributed by atoms with van der Waals surface area (Å²) in [6.07, 6.45) is 4.05. The molecule has 0 aliphatic heterocycles. The fraction of sp³-hybridized carbons (Fsp3) is 0.455. The summed E-state index contributed by atoms with van der Waals surface area (Å²) >= 11 is 0. The summed E-state index contributed by atoms with van der Waals surface area (Å²) in [5, 5.41) is 17.5. The third-order valence-corrected chi connectivity index (χ3v) is 2.27. The van der Waals surface area contributed by atoms with Gasteiger partial charge in [-0.2, -0.15) is 5.26 Å². The number of nitriles is 1. The molecule has 0 fully saturated rings. The highest BCUT2D eigenvalue weighted by Gasteiger charge is 2.13. The molecule has 4 nitrogen and oxygen atoms in total. The fourth-order valence-corrected chi connectivity index (χ4v) is 1.47. The zero-order valence-corrected chi connectivity index (χ0v) is 8.71. The van der Waals surface area contributed by atoms with Crippen LogP contribution in [0.15, 0.2) is 6.07 Å². The van der Waals surface area contributed by atoms with Gasteiger partial charge in [0.1, 0.15) is 11.8 Å². The van der Waals surface area contributed by atoms with E-state index in [0.29, 0.717) is 0 Å². The van der Waals surface area contributed by atoms with Crippen molar-refractivity contribution in [2.75, 3.05) is 0 Å². The number of aromatic nitrogens is 1. The lowest BCUT2D eigenvalue weighted by Crippen LogP contribution is -1.96. The molecular formula is C11H14N2O2. The van der Waals surface area contributed by atoms with E-state index in [0.717, 1.165) is 31.4 Å². The van der Waals surface area contributed by atoms with Gasteiger partial charge in [0.15, 0.2) is 0 Å². The predicted octanol–water partition coefficient (Wildman–Crippen LogP) is 2.32. The molecule has 0 aliphatic rings. The van der Waals surface area contributed by atoms with Gasteiger partial charge in [-0.05, 0) is 18.9 Å². The molecule has 0 saturated heterocycles. The number of carbonyl (C=O) groups is 1. The van der Waals surface area contributed by atoms with Crippen molar-refractivity contribution in [1.29, 1.82) is 5.26 Å². The van der Waals surface area contributed by atoms with E-state index >= 15 is 0 Å². The molecule has 4 heteroatoms. The van der Waals surface area contributed by atoms with Crippen LogP contribution in [0.4, 0.5) is 0 Å². The first-order valence-electron chi connectivity index (χ1n) is 5.04. The standard InChI is InChI=1S/C11H14N2O2/c1-2-3-4-5-8-6-9(11(14)15)10(7-12)13-8/h6,13H,2-5H2,1H3,(H,14,15). The Balaban J connectivity index is 2.75. The minimum atomic E-state index is -1.05. The first kappa shape index (κ1) is 11.3. The Morgan fingerprint density at radius 3 is 2.80 bits per heavy atom. The molecule has 0 bridgehead atoms. The number of carboxylic acids is 1. The maximum absolute atomic E-state index is 10.8. The number of hydrogen-bond acceptors (Lipinski definition) is 2. The lowest BCUT2D eigenvalue weighted by molar-refractivity contribution is 0.0696. The van der Waals surface area contributed by atoms with Crippen molar-refractivity contribution in [1.82, 2.24) is 4.98 Å². The van der Waals surface area contributed by atoms with Crippen molar-refractivity contribution >= 4 is 5.97 Å². The Bertz CT molecular complexity index is 388. The molecule has 1 aromatic rings. The third-order valence-electron chi connectivity index (χ3n) is 2.27. The molecule has 2 N–H and O–H groups in total. The molecular weight excluding hydrogens is 192 g/mol. The first-order chi connectivity index (χ1) is 7.19. The van der Waals surface area contributed by atoms with Crippen molar-refractivity contribution in [2.24, 2.45) is 0 Å². The van der Waals surface area contributed by atoms with Gasteiger partial charge in [0.25, 0.3) is 0 Å². The van der Waals surface area contributed by atoms with Gasteiger partial charge in [0.05, 0.1) is 5.56 Å². The zero-order chi connectivity index (χ0) is 11.3. The quantitative estimate of drug-likeness (QED) is 0.726. The molecule has 0 saturated carbocycles. The van der Waals surface area contributed by atoms with Crippen LogP contribution >= 0.6 is 0 Å². The number of unbranched alkanes of at least 4 members (excludes halogenated alkanes) is 2. The van der Waals surface area contributed by atoms with Crippen LogP contribution in [0.2, 0.25) is 0 Å². The molecule has 0 unspecified atom stereocenters. The van der Waals surface area contributed by atoms with Gasteiger partial charge in [0.2, 0.25) is 0 Å². The highest BCUT2D eigenvalue weighted by atomic mass is 16.4. The summed E-state index contributed by atoms with van der Waals surface area (Å²) in [5.74, 6) is -1.05. The normalized spacial score (nSPS) is 9.87. The molecule has 0 spiro atoms. The van der Waals surface area contributed by atoms with Gasteiger partial charge in [-0.25, -0.2) is 4.79 Å². The summed E-state index contributed by atoms with van der Waals surface area (Å²) in [5.41, 5.74) is 1.05. The number of rotatable bonds is 5. The lowest BCUT2D eigenvalue weighted by atomic mass is 10.1. The van der Waals surface area contributed by atoms with E-state index in [4.69, 9.17) is 10.4 Å². The number of nitrogens with zero attached hydrogens (tertiary/aromatic N) is 1. The van der Waals surface area contributed by atoms with Crippen LogP contribution in [-0.4, -0.2) is 16.1 Å². The van der Waals surface area contributed by atoms with Crippen molar-refractivity contribution in [2.45, 2.75) is 32.6 Å². The Morgan fingerprint density at radius 1 is 1.60 bits per heavy atom. The van der Waals surface area contributed by atoms with E-state index in [9.17, 15) is 4.79 Å². The van der Waals surface area contributed by atoms with Crippen LogP contribution in [0, 0.1) is 11.3 Å². The third kappa shape index (κ3) is 2.84. The summed E-state index contributed by atoms with van der Waals surface area (Å²) in [7, 11) is 0. The molecule has 15 heavy (non-hydrogen) atoms. The molecule has 1 rings (SSSR count). The van der Waals surface area contributed by atoms with Crippen molar-refractivity contribution in [3.8, 4) is 6.07 Å². The van der Waals surface area contributed by atoms with Crippen LogP contribution in [0.1, 0.15) is 47.9 Å². The minimum absolute atomic E-state index is 0.0731. The number of H-pyrrole nitrogens is 1. The molecule has 0 aromatic carbocycles. The molecule has 1 aromatic heterocycles. The van der Waals surface area contributed by atoms with E-state index in [1.807, 2.05) is 6.07 Å². The lowest BCUT2D eigenvalue weighted by Gasteiger charge is -1.94. The van der Waals surface area contributed by atoms with E-state index < -0.39 is 5.97 Å². The van der Waals surface area contributed by atoms with Gasteiger partial charge < -0.3 is 10.1 Å². The second-order valence-electron chi connectivity index (χ2n) is 3.46. The maximum atomic E-state index is 10.8. The average molecular weight is 206 g/mol. The van der Waals surface area contributed by atoms with Gasteiger partial charge in [-0.15, -0.1) is 0 Å². The topological polar surface area (TPSA) is 76.9 Å². The Kier molecular flexibility index (Phi) is 3.92. The Hall–Kier alpha value is -1.76. The highest BCUT2D eigenvalue weighted by Crippen LogP contribution is 2.12. The maximum Gasteiger partial charge on any atom is 0.338 e. The summed E-state index contributed by atoms with van der Waals surface area (Å²) < 4.78 is 0. The smallest absolute Gasteiger partial charge is 0.338 e. The monoisotopic (exact) mass is 206 g/mol. The molecule has 80 valence electrons. The molecule has 1 heterocycles. The number of aryl methyl sites for hydroxylation is 1. The van der Waals surface area contributed by atoms with Crippen LogP contribution in [0.3, 0.4) is 0 Å². The van der Waals surface area contributed by atoms with Crippen LogP contribution in [0.5, 0.6) is 0 Å². The molecule has 0 atom stereocenters. The minimum Gasteiger partial charge on any atom is -0.478 e. The van der Waals surface area contributed by atoms with Crippen molar-refractivity contribution in [3.05, 3.63) is 23.0 Å². The number of aromatic carboxylic acids is 1. The predicted molar refractivity (Wildman–Crippen MR) is 55.7 cm³/mol. The SMILES string of the molecule is CCCCCc1cc(C(=O)O)c(C#N)[nH]1. The van der Waals surface area contributed by atoms with Gasteiger partial charge in [-0.3, -0.25) is 0 Å². The molecule has 0 amide bonds. The first-order valence-corrected chi connectivity index (χ1v) is 5.04. The largest absolute Gasteiger partial charge is 0.478 e. The van der Waals surface area contributed by atoms with E-state index in [1.165, 1.54) is 0 Å². The highest BCUT2D eigenvalue weighted by molar-refractivity contribution is 5.90. The second-order valence-corrected chi connectivity index (χ2v) is 3.46. The number of carboxylic acid groups (broad SMARTS) is 1. The van der Waals surface area contributed by atoms with Crippen LogP contribution in [-0.2, 0) is 6.42 Å². The molecule has 0 radical (unpaired) electrons. The van der Waals surface area contributed by atoms with E-state index in [-0.39, 0.29) is 11.3 Å². The molecule has 0 aliphatic carbocycles. The van der Waals surface area contributed by atoms with Crippen LogP contribution in [0.25, 0.3) is 0 Å². The zero-order valence-electron chi connectivity index (χ0n) is 8.71. The summed E-state index contributed by atoms with van der Waals surface area (Å²) in [4.78, 5) is 13.6. The van der Waals surface area contributed by atoms with Gasteiger partial charge in [0, 0.05) is 5.69 Å². The van der Waals surface area contributed by atoms with Crippen molar-refractivity contribution in [3.63, 3.8) is 0 Å². The summed E-state index contributed by atoms with van der Waals surface area (Å²) in [6, 6.07) is 3.40. The van der Waals surface area contributed by atoms with Gasteiger partial charge in [-0.1, -0.05) is 19.8 Å². The Morgan fingerprint density at radius 2 is 2.33 bits per heavy atom. The van der Waals surface area contributed by atoms with E-state index in [1.54, 1.807) is 6.07 Å². The van der Waals surface area contributed by atoms with Gasteiger partial charge >= 0.3 is 5.97 Å². The van der Waals surface area contributed by atoms with Crippen molar-refractivity contribution < 1.29 is 9.90 Å². The Labute approximate surface area is 88.5 Å². The number of nitrogens with one attached hydrogen (secondary N) is 1. The number of hydrogen-bond donors (Lipinski definition) is 2. The van der Waals surface area contributed by atoms with E-state index in [2.05, 4.69) is 11.9 Å².